The fourth-order valence-corrected chi connectivity index (χ4v) is 9.98. The van der Waals surface area contributed by atoms with Gasteiger partial charge in [-0.15, -0.1) is 0 Å². The van der Waals surface area contributed by atoms with Crippen molar-refractivity contribution < 1.29 is 63.5 Å². The van der Waals surface area contributed by atoms with Crippen LogP contribution in [0.15, 0.2) is 0 Å². The van der Waals surface area contributed by atoms with E-state index in [1.165, 1.54) is 190 Å². The third-order valence-corrected chi connectivity index (χ3v) is 15.0. The molecule has 0 radical (unpaired) electrons. The Morgan fingerprint density at radius 3 is 1.07 bits per heavy atom. The zero-order chi connectivity index (χ0) is 59.3. The lowest BCUT2D eigenvalue weighted by molar-refractivity contribution is -0.160. The van der Waals surface area contributed by atoms with Gasteiger partial charge in [0.2, 0.25) is 5.91 Å². The molecule has 468 valence electrons. The summed E-state index contributed by atoms with van der Waals surface area (Å²) in [6.07, 6.45) is 43.6. The minimum Gasteiger partial charge on any atom is -0.480 e. The summed E-state index contributed by atoms with van der Waals surface area (Å²) >= 11 is 0. The molecule has 18 heteroatoms. The van der Waals surface area contributed by atoms with Gasteiger partial charge in [-0.25, -0.2) is 4.79 Å². The topological polar surface area (TPSA) is 235 Å². The van der Waals surface area contributed by atoms with E-state index in [0.717, 1.165) is 49.8 Å². The Hall–Kier alpha value is -4.03. The van der Waals surface area contributed by atoms with Gasteiger partial charge in [0.25, 0.3) is 0 Å². The smallest absolute Gasteiger partial charge is 0.407 e. The molecule has 0 bridgehead atoms. The summed E-state index contributed by atoms with van der Waals surface area (Å²) in [5.74, 6) is -4.90. The lowest BCUT2D eigenvalue weighted by Crippen LogP contribution is -2.48. The summed E-state index contributed by atoms with van der Waals surface area (Å²) in [4.78, 5) is 92.2. The average Bonchev–Trinajstić information content (AvgIpc) is 3.40. The first-order chi connectivity index (χ1) is 38.6. The van der Waals surface area contributed by atoms with Gasteiger partial charge in [-0.05, 0) is 19.9 Å². The molecule has 0 saturated carbocycles. The summed E-state index contributed by atoms with van der Waals surface area (Å²) in [5.41, 5.74) is 0. The van der Waals surface area contributed by atoms with Gasteiger partial charge in [0, 0.05) is 65.7 Å². The fraction of sp³-hybridized carbons (Fsp3) is 0.887. The predicted octanol–water partition coefficient (Wildman–Crippen LogP) is 12.5. The number of carboxylic acid groups (broad SMARTS) is 4. The number of aliphatic carboxylic acids is 3. The Morgan fingerprint density at radius 2 is 0.713 bits per heavy atom. The number of amides is 2. The predicted molar refractivity (Wildman–Crippen MR) is 318 cm³/mol. The minimum atomic E-state index is -1.47. The first kappa shape index (κ1) is 76.0. The molecular weight excluding hydrogens is 1020 g/mol. The molecule has 1 unspecified atom stereocenters. The number of ether oxygens (including phenoxy) is 2. The van der Waals surface area contributed by atoms with E-state index >= 15 is 0 Å². The van der Waals surface area contributed by atoms with Gasteiger partial charge < -0.3 is 39.7 Å². The SMILES string of the molecule is CCCCCCCCCCCCCCCCCCCCC(=O)OCC(CN(C)CCN(C)C(=O)CN(CCN(CC(=O)O)CC(=O)O)CCN(CC(=O)O)C(=O)O)OC(=O)CCCCCCCCCCCCCCCCCCCC. The zero-order valence-corrected chi connectivity index (χ0v) is 51.1. The molecule has 0 spiro atoms. The molecule has 0 aromatic carbocycles. The highest BCUT2D eigenvalue weighted by molar-refractivity contribution is 5.78. The van der Waals surface area contributed by atoms with Gasteiger partial charge in [-0.3, -0.25) is 43.5 Å². The number of nitrogens with zero attached hydrogens (tertiary/aromatic N) is 5. The van der Waals surface area contributed by atoms with Crippen molar-refractivity contribution in [1.29, 1.82) is 0 Å². The van der Waals surface area contributed by atoms with E-state index in [4.69, 9.17) is 9.47 Å². The molecule has 4 N–H and O–H groups in total. The number of esters is 2. The molecule has 0 aliphatic rings. The molecule has 0 rings (SSSR count). The van der Waals surface area contributed by atoms with Crippen LogP contribution in [0.25, 0.3) is 0 Å². The van der Waals surface area contributed by atoms with Gasteiger partial charge in [-0.1, -0.05) is 232 Å². The van der Waals surface area contributed by atoms with Crippen LogP contribution in [0.3, 0.4) is 0 Å². The molecule has 0 aromatic rings. The van der Waals surface area contributed by atoms with E-state index in [1.807, 2.05) is 11.9 Å². The highest BCUT2D eigenvalue weighted by Gasteiger charge is 2.23. The number of rotatable bonds is 60. The van der Waals surface area contributed by atoms with Crippen LogP contribution >= 0.6 is 0 Å². The lowest BCUT2D eigenvalue weighted by Gasteiger charge is -2.30. The monoisotopic (exact) mass is 1140 g/mol. The Morgan fingerprint density at radius 1 is 0.375 bits per heavy atom. The third kappa shape index (κ3) is 50.9. The number of unbranched alkanes of at least 4 members (excludes halogenated alkanes) is 34. The van der Waals surface area contributed by atoms with Crippen molar-refractivity contribution in [1.82, 2.24) is 24.5 Å². The molecule has 18 nitrogen and oxygen atoms in total. The summed E-state index contributed by atoms with van der Waals surface area (Å²) in [6.45, 7) is 2.62. The molecule has 0 aliphatic heterocycles. The van der Waals surface area contributed by atoms with Crippen LogP contribution < -0.4 is 0 Å². The van der Waals surface area contributed by atoms with E-state index in [-0.39, 0.29) is 76.7 Å². The highest BCUT2D eigenvalue weighted by atomic mass is 16.6. The molecular formula is C62H117N5O13. The standard InChI is InChI=1S/C62H117N5O13/c1-5-7-9-11-13-15-17-19-21-23-25-27-29-31-33-35-37-39-41-60(75)79-54-55(80-61(76)42-40-38-36-34-32-30-28-26-24-22-20-18-16-14-12-10-8-6-2)49-63(3)43-44-64(4)56(68)50-65(47-48-67(62(77)78)53-59(73)74)45-46-66(51-57(69)70)52-58(71)72/h55H,5-54H2,1-4H3,(H,69,70)(H,71,72)(H,73,74)(H,77,78). The number of hydrogen-bond acceptors (Lipinski definition) is 12. The maximum atomic E-state index is 13.6. The molecule has 2 amide bonds. The third-order valence-electron chi connectivity index (χ3n) is 15.0. The second kappa shape index (κ2) is 54.2. The lowest BCUT2D eigenvalue weighted by atomic mass is 10.0. The maximum absolute atomic E-state index is 13.6. The van der Waals surface area contributed by atoms with Gasteiger partial charge >= 0.3 is 35.9 Å². The van der Waals surface area contributed by atoms with Crippen LogP contribution in [0.1, 0.15) is 258 Å². The van der Waals surface area contributed by atoms with Crippen LogP contribution in [-0.4, -0.2) is 186 Å². The normalized spacial score (nSPS) is 11.8. The number of carbonyl (C=O) groups excluding carboxylic acids is 3. The van der Waals surface area contributed by atoms with Crippen LogP contribution in [0, 0.1) is 0 Å². The highest BCUT2D eigenvalue weighted by Crippen LogP contribution is 2.17. The summed E-state index contributed by atoms with van der Waals surface area (Å²) in [6, 6.07) is 0. The average molecular weight is 1140 g/mol. The van der Waals surface area contributed by atoms with E-state index in [1.54, 1.807) is 7.05 Å². The van der Waals surface area contributed by atoms with Crippen LogP contribution in [-0.2, 0) is 38.2 Å². The second-order valence-corrected chi connectivity index (χ2v) is 22.8. The van der Waals surface area contributed by atoms with Gasteiger partial charge in [0.1, 0.15) is 19.3 Å². The number of hydrogen-bond donors (Lipinski definition) is 4. The van der Waals surface area contributed by atoms with E-state index in [9.17, 15) is 54.0 Å². The van der Waals surface area contributed by atoms with Crippen molar-refractivity contribution >= 4 is 41.8 Å². The van der Waals surface area contributed by atoms with Crippen molar-refractivity contribution in [2.75, 3.05) is 92.7 Å². The summed E-state index contributed by atoms with van der Waals surface area (Å²) in [5, 5.41) is 37.4. The molecule has 0 fully saturated rings. The Labute approximate surface area is 484 Å². The fourth-order valence-electron chi connectivity index (χ4n) is 9.98. The van der Waals surface area contributed by atoms with Crippen molar-refractivity contribution in [3.63, 3.8) is 0 Å². The van der Waals surface area contributed by atoms with E-state index in [0.29, 0.717) is 24.3 Å². The quantitative estimate of drug-likeness (QED) is 0.0327. The molecule has 80 heavy (non-hydrogen) atoms. The Bertz CT molecular complexity index is 1560. The van der Waals surface area contributed by atoms with E-state index < -0.39 is 49.7 Å². The zero-order valence-electron chi connectivity index (χ0n) is 51.1. The molecule has 0 heterocycles. The molecule has 1 atom stereocenters. The van der Waals surface area contributed by atoms with Crippen LogP contribution in [0.5, 0.6) is 0 Å². The first-order valence-electron chi connectivity index (χ1n) is 31.9. The Kier molecular flexibility index (Phi) is 51.5. The molecule has 0 aromatic heterocycles. The van der Waals surface area contributed by atoms with Crippen LogP contribution in [0.2, 0.25) is 0 Å². The summed E-state index contributed by atoms with van der Waals surface area (Å²) < 4.78 is 11.6. The van der Waals surface area contributed by atoms with Gasteiger partial charge in [-0.2, -0.15) is 0 Å². The van der Waals surface area contributed by atoms with Crippen LogP contribution in [0.4, 0.5) is 4.79 Å². The number of carboxylic acids is 3. The van der Waals surface area contributed by atoms with Crippen molar-refractivity contribution in [2.45, 2.75) is 264 Å². The van der Waals surface area contributed by atoms with Crippen molar-refractivity contribution in [3.8, 4) is 0 Å². The summed E-state index contributed by atoms with van der Waals surface area (Å²) in [7, 11) is 3.40. The van der Waals surface area contributed by atoms with E-state index in [2.05, 4.69) is 13.8 Å². The molecule has 0 saturated heterocycles. The molecule has 0 aliphatic carbocycles. The number of likely N-dealkylation sites (N-methyl/N-ethyl adjacent to an activating group) is 2. The van der Waals surface area contributed by atoms with Gasteiger partial charge in [0.15, 0.2) is 0 Å². The Balaban J connectivity index is 5.15. The van der Waals surface area contributed by atoms with Crippen molar-refractivity contribution in [3.05, 3.63) is 0 Å². The minimum absolute atomic E-state index is 0.00855. The largest absolute Gasteiger partial charge is 0.480 e. The van der Waals surface area contributed by atoms with Gasteiger partial charge in [0.05, 0.1) is 19.6 Å². The number of carbonyl (C=O) groups is 7. The second-order valence-electron chi connectivity index (χ2n) is 22.8. The maximum Gasteiger partial charge on any atom is 0.407 e. The van der Waals surface area contributed by atoms with Crippen molar-refractivity contribution in [2.24, 2.45) is 0 Å². The first-order valence-corrected chi connectivity index (χ1v) is 31.9.